The highest BCUT2D eigenvalue weighted by Crippen LogP contribution is 2.75. The Morgan fingerprint density at radius 3 is 2.57 bits per heavy atom. The fraction of sp³-hybridized carbons (Fsp3) is 0.529. The number of esters is 1. The van der Waals surface area contributed by atoms with Crippen LogP contribution in [0.2, 0.25) is 0 Å². The van der Waals surface area contributed by atoms with Crippen LogP contribution in [0.5, 0.6) is 0 Å². The molecule has 0 atom stereocenters. The number of rotatable bonds is 2. The number of benzene rings is 1. The molecular formula is C17H17NO3. The predicted molar refractivity (Wildman–Crippen MR) is 76.0 cm³/mol. The summed E-state index contributed by atoms with van der Waals surface area (Å²) >= 11 is 0. The van der Waals surface area contributed by atoms with E-state index in [9.17, 15) is 9.59 Å². The quantitative estimate of drug-likeness (QED) is 0.847. The highest BCUT2D eigenvalue weighted by atomic mass is 16.5. The molecule has 5 aliphatic rings. The maximum Gasteiger partial charge on any atom is 0.311 e. The first-order valence-electron chi connectivity index (χ1n) is 7.59. The molecule has 21 heavy (non-hydrogen) atoms. The first-order valence-corrected chi connectivity index (χ1v) is 7.59. The topological polar surface area (TPSA) is 55.4 Å². The first kappa shape index (κ1) is 11.8. The van der Waals surface area contributed by atoms with Gasteiger partial charge in [0.15, 0.2) is 0 Å². The number of ether oxygens (including phenoxy) is 1. The van der Waals surface area contributed by atoms with E-state index >= 15 is 0 Å². The van der Waals surface area contributed by atoms with Gasteiger partial charge in [0.2, 0.25) is 5.91 Å². The van der Waals surface area contributed by atoms with E-state index in [1.54, 1.807) is 0 Å². The van der Waals surface area contributed by atoms with Gasteiger partial charge < -0.3 is 10.1 Å². The van der Waals surface area contributed by atoms with Gasteiger partial charge >= 0.3 is 5.97 Å². The monoisotopic (exact) mass is 283 g/mol. The molecule has 0 unspecified atom stereocenters. The largest absolute Gasteiger partial charge is 0.469 e. The van der Waals surface area contributed by atoms with E-state index in [4.69, 9.17) is 4.74 Å². The van der Waals surface area contributed by atoms with Gasteiger partial charge in [-0.2, -0.15) is 0 Å². The van der Waals surface area contributed by atoms with Crippen LogP contribution >= 0.6 is 0 Å². The van der Waals surface area contributed by atoms with Gasteiger partial charge in [-0.05, 0) is 54.7 Å². The van der Waals surface area contributed by atoms with Crippen molar-refractivity contribution in [2.24, 2.45) is 5.41 Å². The van der Waals surface area contributed by atoms with Crippen molar-refractivity contribution >= 4 is 17.6 Å². The van der Waals surface area contributed by atoms with Crippen molar-refractivity contribution in [1.82, 2.24) is 0 Å². The lowest BCUT2D eigenvalue weighted by Crippen LogP contribution is -2.68. The number of carbonyl (C=O) groups excluding carboxylic acids is 2. The molecule has 6 rings (SSSR count). The molecule has 2 bridgehead atoms. The predicted octanol–water partition coefficient (Wildman–Crippen LogP) is 2.27. The minimum Gasteiger partial charge on any atom is -0.469 e. The van der Waals surface area contributed by atoms with Crippen LogP contribution in [0.1, 0.15) is 43.2 Å². The Bertz CT molecular complexity index is 697. The Labute approximate surface area is 122 Å². The summed E-state index contributed by atoms with van der Waals surface area (Å²) in [7, 11) is 1.47. The minimum atomic E-state index is -0.250. The molecule has 1 aliphatic heterocycles. The molecule has 1 spiro atoms. The van der Waals surface area contributed by atoms with E-state index in [1.807, 2.05) is 12.1 Å². The van der Waals surface area contributed by atoms with E-state index < -0.39 is 0 Å². The fourth-order valence-corrected chi connectivity index (χ4v) is 5.08. The second-order valence-corrected chi connectivity index (χ2v) is 7.35. The third-order valence-corrected chi connectivity index (χ3v) is 6.20. The van der Waals surface area contributed by atoms with Crippen LogP contribution in [0.3, 0.4) is 0 Å². The fourth-order valence-electron chi connectivity index (χ4n) is 5.08. The third-order valence-electron chi connectivity index (χ3n) is 6.20. The van der Waals surface area contributed by atoms with Crippen LogP contribution in [-0.2, 0) is 25.2 Å². The Morgan fingerprint density at radius 2 is 1.95 bits per heavy atom. The molecule has 4 heteroatoms. The van der Waals surface area contributed by atoms with Crippen molar-refractivity contribution in [2.45, 2.75) is 42.9 Å². The van der Waals surface area contributed by atoms with E-state index in [0.717, 1.165) is 37.8 Å². The van der Waals surface area contributed by atoms with E-state index in [-0.39, 0.29) is 28.1 Å². The zero-order valence-electron chi connectivity index (χ0n) is 12.0. The van der Waals surface area contributed by atoms with Crippen LogP contribution in [-0.4, -0.2) is 19.0 Å². The highest BCUT2D eigenvalue weighted by molar-refractivity contribution is 6.09. The molecule has 1 aromatic rings. The summed E-state index contributed by atoms with van der Waals surface area (Å²) in [5.74, 6) is 0.103. The number of carbonyl (C=O) groups is 2. The lowest BCUT2D eigenvalue weighted by Gasteiger charge is -2.69. The third kappa shape index (κ3) is 1.12. The second kappa shape index (κ2) is 3.16. The standard InChI is InChI=1S/C17H17NO3/c1-21-14(20)16-7-15(8-16,9-16)10-3-2-4-11-12(10)17(5-6-17)13(19)18-11/h2-4H,5-9H2,1H3,(H,18,19). The molecule has 4 nitrogen and oxygen atoms in total. The van der Waals surface area contributed by atoms with Crippen LogP contribution in [0.25, 0.3) is 0 Å². The van der Waals surface area contributed by atoms with Crippen LogP contribution in [0.15, 0.2) is 18.2 Å². The van der Waals surface area contributed by atoms with E-state index in [2.05, 4.69) is 11.4 Å². The van der Waals surface area contributed by atoms with Crippen molar-refractivity contribution < 1.29 is 14.3 Å². The first-order chi connectivity index (χ1) is 10.1. The molecule has 1 heterocycles. The summed E-state index contributed by atoms with van der Waals surface area (Å²) in [5, 5.41) is 3.04. The normalized spacial score (nSPS) is 36.3. The molecule has 0 saturated heterocycles. The molecule has 1 aromatic carbocycles. The van der Waals surface area contributed by atoms with Gasteiger partial charge in [-0.25, -0.2) is 0 Å². The summed E-state index contributed by atoms with van der Waals surface area (Å²) in [4.78, 5) is 24.1. The molecule has 4 aliphatic carbocycles. The average Bonchev–Trinajstić information content (AvgIpc) is 3.11. The average molecular weight is 283 g/mol. The maximum atomic E-state index is 12.2. The number of nitrogens with one attached hydrogen (secondary N) is 1. The molecule has 4 saturated carbocycles. The number of anilines is 1. The molecular weight excluding hydrogens is 266 g/mol. The molecule has 1 amide bonds. The van der Waals surface area contributed by atoms with Gasteiger partial charge in [0.25, 0.3) is 0 Å². The number of hydrogen-bond donors (Lipinski definition) is 1. The molecule has 108 valence electrons. The number of hydrogen-bond acceptors (Lipinski definition) is 3. The summed E-state index contributed by atoms with van der Waals surface area (Å²) < 4.78 is 4.93. The zero-order valence-corrected chi connectivity index (χ0v) is 12.0. The van der Waals surface area contributed by atoms with Gasteiger partial charge in [-0.15, -0.1) is 0 Å². The van der Waals surface area contributed by atoms with Gasteiger partial charge in [0, 0.05) is 5.69 Å². The van der Waals surface area contributed by atoms with E-state index in [0.29, 0.717) is 0 Å². The minimum absolute atomic E-state index is 0.0627. The van der Waals surface area contributed by atoms with Gasteiger partial charge in [0.1, 0.15) is 0 Å². The lowest BCUT2D eigenvalue weighted by atomic mass is 9.33. The summed E-state index contributed by atoms with van der Waals surface area (Å²) in [6.07, 6.45) is 4.57. The zero-order chi connectivity index (χ0) is 14.5. The maximum absolute atomic E-state index is 12.2. The van der Waals surface area contributed by atoms with Crippen molar-refractivity contribution in [3.8, 4) is 0 Å². The molecule has 1 N–H and O–H groups in total. The Hall–Kier alpha value is -1.84. The molecule has 0 radical (unpaired) electrons. The molecule has 0 aromatic heterocycles. The van der Waals surface area contributed by atoms with E-state index in [1.165, 1.54) is 18.2 Å². The highest BCUT2D eigenvalue weighted by Gasteiger charge is 2.74. The number of methoxy groups -OCH3 is 1. The second-order valence-electron chi connectivity index (χ2n) is 7.35. The summed E-state index contributed by atoms with van der Waals surface area (Å²) in [5.41, 5.74) is 3.16. The van der Waals surface area contributed by atoms with Gasteiger partial charge in [-0.1, -0.05) is 12.1 Å². The number of fused-ring (bicyclic) bond motifs is 2. The SMILES string of the molecule is COC(=O)C12CC(c3cccc4c3C3(CC3)C(=O)N4)(C1)C2. The summed E-state index contributed by atoms with van der Waals surface area (Å²) in [6.45, 7) is 0. The smallest absolute Gasteiger partial charge is 0.311 e. The van der Waals surface area contributed by atoms with Crippen molar-refractivity contribution in [1.29, 1.82) is 0 Å². The van der Waals surface area contributed by atoms with Crippen molar-refractivity contribution in [3.05, 3.63) is 29.3 Å². The van der Waals surface area contributed by atoms with Crippen molar-refractivity contribution in [2.75, 3.05) is 12.4 Å². The van der Waals surface area contributed by atoms with Crippen molar-refractivity contribution in [3.63, 3.8) is 0 Å². The van der Waals surface area contributed by atoms with Gasteiger partial charge in [-0.3, -0.25) is 9.59 Å². The van der Waals surface area contributed by atoms with Crippen LogP contribution in [0, 0.1) is 5.41 Å². The summed E-state index contributed by atoms with van der Waals surface area (Å²) in [6, 6.07) is 6.20. The van der Waals surface area contributed by atoms with Crippen LogP contribution in [0.4, 0.5) is 5.69 Å². The van der Waals surface area contributed by atoms with Gasteiger partial charge in [0.05, 0.1) is 17.9 Å². The Balaban J connectivity index is 1.56. The van der Waals surface area contributed by atoms with Crippen LogP contribution < -0.4 is 5.32 Å². The molecule has 4 fully saturated rings. The Kier molecular flexibility index (Phi) is 1.77. The Morgan fingerprint density at radius 1 is 1.24 bits per heavy atom. The number of amides is 1. The lowest BCUT2D eigenvalue weighted by molar-refractivity contribution is -0.198.